The van der Waals surface area contributed by atoms with Gasteiger partial charge in [0.25, 0.3) is 0 Å². The van der Waals surface area contributed by atoms with Crippen molar-refractivity contribution < 1.29 is 14.3 Å². The number of hydrogen-bond acceptors (Lipinski definition) is 5. The fourth-order valence-corrected chi connectivity index (χ4v) is 1.86. The van der Waals surface area contributed by atoms with Crippen molar-refractivity contribution in [2.24, 2.45) is 10.2 Å². The zero-order chi connectivity index (χ0) is 16.5. The monoisotopic (exact) mass is 312 g/mol. The SMILES string of the molecule is CCCC(=O)Oc1ccc(N=Nc2ccc(OCC)cc2)cc1. The molecule has 0 bridgehead atoms. The van der Waals surface area contributed by atoms with Crippen molar-refractivity contribution in [3.8, 4) is 11.5 Å². The Balaban J connectivity index is 1.95. The summed E-state index contributed by atoms with van der Waals surface area (Å²) in [6.45, 7) is 4.51. The molecule has 0 heterocycles. The molecular weight excluding hydrogens is 292 g/mol. The minimum Gasteiger partial charge on any atom is -0.494 e. The van der Waals surface area contributed by atoms with Crippen LogP contribution in [0.2, 0.25) is 0 Å². The van der Waals surface area contributed by atoms with E-state index in [1.165, 1.54) is 0 Å². The summed E-state index contributed by atoms with van der Waals surface area (Å²) >= 11 is 0. The zero-order valence-electron chi connectivity index (χ0n) is 13.4. The van der Waals surface area contributed by atoms with Crippen molar-refractivity contribution in [1.29, 1.82) is 0 Å². The molecule has 2 aromatic carbocycles. The van der Waals surface area contributed by atoms with Gasteiger partial charge in [-0.1, -0.05) is 6.92 Å². The van der Waals surface area contributed by atoms with Gasteiger partial charge in [-0.25, -0.2) is 0 Å². The molecule has 0 unspecified atom stereocenters. The molecule has 23 heavy (non-hydrogen) atoms. The first-order valence-corrected chi connectivity index (χ1v) is 7.66. The summed E-state index contributed by atoms with van der Waals surface area (Å²) in [5.74, 6) is 1.10. The molecule has 0 N–H and O–H groups in total. The molecule has 0 aliphatic rings. The normalized spacial score (nSPS) is 10.7. The van der Waals surface area contributed by atoms with Crippen LogP contribution < -0.4 is 9.47 Å². The van der Waals surface area contributed by atoms with Crippen LogP contribution in [0.4, 0.5) is 11.4 Å². The lowest BCUT2D eigenvalue weighted by Crippen LogP contribution is -2.06. The number of hydrogen-bond donors (Lipinski definition) is 0. The molecule has 5 heteroatoms. The second-order valence-electron chi connectivity index (χ2n) is 4.84. The van der Waals surface area contributed by atoms with Crippen molar-refractivity contribution in [2.45, 2.75) is 26.7 Å². The van der Waals surface area contributed by atoms with Gasteiger partial charge in [0.05, 0.1) is 18.0 Å². The van der Waals surface area contributed by atoms with Crippen molar-refractivity contribution >= 4 is 17.3 Å². The first-order chi connectivity index (χ1) is 11.2. The lowest BCUT2D eigenvalue weighted by atomic mass is 10.3. The van der Waals surface area contributed by atoms with E-state index in [-0.39, 0.29) is 5.97 Å². The van der Waals surface area contributed by atoms with Gasteiger partial charge < -0.3 is 9.47 Å². The molecule has 5 nitrogen and oxygen atoms in total. The van der Waals surface area contributed by atoms with Crippen LogP contribution in [0.3, 0.4) is 0 Å². The van der Waals surface area contributed by atoms with Crippen LogP contribution in [0, 0.1) is 0 Å². The van der Waals surface area contributed by atoms with E-state index in [0.29, 0.717) is 24.5 Å². The van der Waals surface area contributed by atoms with E-state index in [4.69, 9.17) is 9.47 Å². The van der Waals surface area contributed by atoms with E-state index >= 15 is 0 Å². The minimum atomic E-state index is -0.226. The Hall–Kier alpha value is -2.69. The van der Waals surface area contributed by atoms with Crippen LogP contribution in [-0.4, -0.2) is 12.6 Å². The smallest absolute Gasteiger partial charge is 0.311 e. The molecule has 0 atom stereocenters. The molecule has 0 aliphatic heterocycles. The molecule has 0 saturated heterocycles. The quantitative estimate of drug-likeness (QED) is 0.401. The fraction of sp³-hybridized carbons (Fsp3) is 0.278. The number of carbonyl (C=O) groups is 1. The van der Waals surface area contributed by atoms with Crippen LogP contribution in [-0.2, 0) is 4.79 Å². The number of carbonyl (C=O) groups excluding carboxylic acids is 1. The third-order valence-corrected chi connectivity index (χ3v) is 2.95. The lowest BCUT2D eigenvalue weighted by molar-refractivity contribution is -0.134. The summed E-state index contributed by atoms with van der Waals surface area (Å²) in [5, 5.41) is 8.31. The predicted octanol–water partition coefficient (Wildman–Crippen LogP) is 5.21. The maximum Gasteiger partial charge on any atom is 0.311 e. The van der Waals surface area contributed by atoms with Crippen LogP contribution in [0.1, 0.15) is 26.7 Å². The van der Waals surface area contributed by atoms with E-state index in [1.807, 2.05) is 38.1 Å². The average molecular weight is 312 g/mol. The van der Waals surface area contributed by atoms with Gasteiger partial charge in [0.1, 0.15) is 11.5 Å². The molecule has 0 radical (unpaired) electrons. The van der Waals surface area contributed by atoms with Crippen LogP contribution >= 0.6 is 0 Å². The second kappa shape index (κ2) is 8.68. The van der Waals surface area contributed by atoms with Crippen LogP contribution in [0.25, 0.3) is 0 Å². The highest BCUT2D eigenvalue weighted by Crippen LogP contribution is 2.23. The second-order valence-corrected chi connectivity index (χ2v) is 4.84. The number of rotatable bonds is 7. The molecule has 2 aromatic rings. The van der Waals surface area contributed by atoms with Crippen LogP contribution in [0.5, 0.6) is 11.5 Å². The first-order valence-electron chi connectivity index (χ1n) is 7.66. The summed E-state index contributed by atoms with van der Waals surface area (Å²) < 4.78 is 10.6. The molecule has 0 aromatic heterocycles. The number of benzene rings is 2. The first kappa shape index (κ1) is 16.7. The topological polar surface area (TPSA) is 60.2 Å². The Labute approximate surface area is 136 Å². The Bertz CT molecular complexity index is 649. The van der Waals surface area contributed by atoms with Gasteiger partial charge in [-0.3, -0.25) is 4.79 Å². The number of esters is 1. The van der Waals surface area contributed by atoms with Crippen molar-refractivity contribution in [2.75, 3.05) is 6.61 Å². The van der Waals surface area contributed by atoms with Crippen LogP contribution in [0.15, 0.2) is 58.8 Å². The number of ether oxygens (including phenoxy) is 2. The molecular formula is C18H20N2O3. The average Bonchev–Trinajstić information content (AvgIpc) is 2.56. The summed E-state index contributed by atoms with van der Waals surface area (Å²) in [5.41, 5.74) is 1.43. The molecule has 0 spiro atoms. The van der Waals surface area contributed by atoms with E-state index in [2.05, 4.69) is 10.2 Å². The van der Waals surface area contributed by atoms with Gasteiger partial charge in [-0.15, -0.1) is 0 Å². The molecule has 0 aliphatic carbocycles. The summed E-state index contributed by atoms with van der Waals surface area (Å²) in [4.78, 5) is 11.4. The largest absolute Gasteiger partial charge is 0.494 e. The molecule has 0 amide bonds. The van der Waals surface area contributed by atoms with Crippen molar-refractivity contribution in [3.63, 3.8) is 0 Å². The van der Waals surface area contributed by atoms with Gasteiger partial charge in [0.15, 0.2) is 0 Å². The maximum absolute atomic E-state index is 11.4. The van der Waals surface area contributed by atoms with Gasteiger partial charge in [0, 0.05) is 6.42 Å². The summed E-state index contributed by atoms with van der Waals surface area (Å²) in [6, 6.07) is 14.3. The Kier molecular flexibility index (Phi) is 6.29. The standard InChI is InChI=1S/C18H20N2O3/c1-3-5-18(21)23-17-12-8-15(9-13-17)20-19-14-6-10-16(11-7-14)22-4-2/h6-13H,3-5H2,1-2H3. The third kappa shape index (κ3) is 5.54. The number of azo groups is 1. The lowest BCUT2D eigenvalue weighted by Gasteiger charge is -2.03. The van der Waals surface area contributed by atoms with E-state index < -0.39 is 0 Å². The minimum absolute atomic E-state index is 0.226. The third-order valence-electron chi connectivity index (χ3n) is 2.95. The van der Waals surface area contributed by atoms with E-state index in [9.17, 15) is 4.79 Å². The summed E-state index contributed by atoms with van der Waals surface area (Å²) in [7, 11) is 0. The molecule has 0 saturated carbocycles. The summed E-state index contributed by atoms with van der Waals surface area (Å²) in [6.07, 6.45) is 1.19. The van der Waals surface area contributed by atoms with E-state index in [1.54, 1.807) is 24.3 Å². The van der Waals surface area contributed by atoms with Gasteiger partial charge in [0.2, 0.25) is 0 Å². The predicted molar refractivity (Wildman–Crippen MR) is 88.8 cm³/mol. The highest BCUT2D eigenvalue weighted by molar-refractivity contribution is 5.72. The maximum atomic E-state index is 11.4. The Morgan fingerprint density at radius 2 is 1.39 bits per heavy atom. The zero-order valence-corrected chi connectivity index (χ0v) is 13.4. The Morgan fingerprint density at radius 3 is 1.87 bits per heavy atom. The Morgan fingerprint density at radius 1 is 0.870 bits per heavy atom. The van der Waals surface area contributed by atoms with Gasteiger partial charge >= 0.3 is 5.97 Å². The number of nitrogens with zero attached hydrogens (tertiary/aromatic N) is 2. The van der Waals surface area contributed by atoms with E-state index in [0.717, 1.165) is 17.9 Å². The molecule has 2 rings (SSSR count). The van der Waals surface area contributed by atoms with Crippen molar-refractivity contribution in [3.05, 3.63) is 48.5 Å². The highest BCUT2D eigenvalue weighted by Gasteiger charge is 2.02. The van der Waals surface area contributed by atoms with Crippen molar-refractivity contribution in [1.82, 2.24) is 0 Å². The van der Waals surface area contributed by atoms with Gasteiger partial charge in [-0.2, -0.15) is 10.2 Å². The fourth-order valence-electron chi connectivity index (χ4n) is 1.86. The molecule has 120 valence electrons. The van der Waals surface area contributed by atoms with Gasteiger partial charge in [-0.05, 0) is 61.9 Å². The molecule has 0 fully saturated rings. The highest BCUT2D eigenvalue weighted by atomic mass is 16.5.